The van der Waals surface area contributed by atoms with Crippen molar-refractivity contribution in [3.8, 4) is 0 Å². The molecule has 2 heterocycles. The van der Waals surface area contributed by atoms with Crippen LogP contribution in [0.15, 0.2) is 16.0 Å². The van der Waals surface area contributed by atoms with Crippen molar-refractivity contribution >= 4 is 45.9 Å². The summed E-state index contributed by atoms with van der Waals surface area (Å²) in [4.78, 5) is 30.5. The van der Waals surface area contributed by atoms with Gasteiger partial charge in [0.25, 0.3) is 5.56 Å². The fraction of sp³-hybridized carbons (Fsp3) is 0.462. The summed E-state index contributed by atoms with van der Waals surface area (Å²) in [5, 5.41) is 12.3. The molecule has 23 heavy (non-hydrogen) atoms. The second kappa shape index (κ2) is 9.04. The molecule has 0 saturated carbocycles. The molecular formula is C13H17N5O2S3. The number of hydrogen-bond donors (Lipinski definition) is 2. The molecule has 10 heteroatoms. The van der Waals surface area contributed by atoms with Crippen molar-refractivity contribution in [2.24, 2.45) is 0 Å². The molecule has 0 bridgehead atoms. The number of nitrogens with one attached hydrogen (secondary N) is 2. The fourth-order valence-electron chi connectivity index (χ4n) is 1.57. The van der Waals surface area contributed by atoms with Crippen molar-refractivity contribution in [1.29, 1.82) is 0 Å². The van der Waals surface area contributed by atoms with Crippen molar-refractivity contribution in [1.82, 2.24) is 20.2 Å². The maximum absolute atomic E-state index is 11.9. The van der Waals surface area contributed by atoms with Gasteiger partial charge in [-0.15, -0.1) is 10.2 Å². The number of hydrogen-bond acceptors (Lipinski definition) is 8. The van der Waals surface area contributed by atoms with Gasteiger partial charge in [-0.3, -0.25) is 14.9 Å². The number of nitrogens with zero attached hydrogens (tertiary/aromatic N) is 3. The van der Waals surface area contributed by atoms with E-state index in [0.717, 1.165) is 22.9 Å². The van der Waals surface area contributed by atoms with Crippen molar-refractivity contribution in [3.05, 3.63) is 27.1 Å². The molecule has 0 aliphatic heterocycles. The van der Waals surface area contributed by atoms with E-state index < -0.39 is 0 Å². The number of carbonyl (C=O) groups excluding carboxylic acids is 1. The lowest BCUT2D eigenvalue weighted by Gasteiger charge is -2.03. The van der Waals surface area contributed by atoms with E-state index >= 15 is 0 Å². The average molecular weight is 372 g/mol. The van der Waals surface area contributed by atoms with E-state index in [-0.39, 0.29) is 17.2 Å². The number of aromatic nitrogens is 4. The average Bonchev–Trinajstić information content (AvgIpc) is 2.98. The molecule has 7 nitrogen and oxygen atoms in total. The molecule has 0 saturated heterocycles. The lowest BCUT2D eigenvalue weighted by atomic mass is 10.5. The summed E-state index contributed by atoms with van der Waals surface area (Å²) < 4.78 is 0. The van der Waals surface area contributed by atoms with E-state index in [9.17, 15) is 9.59 Å². The Kier molecular flexibility index (Phi) is 7.06. The highest BCUT2D eigenvalue weighted by molar-refractivity contribution is 7.99. The predicted octanol–water partition coefficient (Wildman–Crippen LogP) is 2.17. The van der Waals surface area contributed by atoms with Gasteiger partial charge < -0.3 is 4.98 Å². The number of carbonyl (C=O) groups is 1. The lowest BCUT2D eigenvalue weighted by Crippen LogP contribution is -2.15. The van der Waals surface area contributed by atoms with Crippen LogP contribution in [0.3, 0.4) is 0 Å². The molecule has 1 amide bonds. The minimum Gasteiger partial charge on any atom is -0.301 e. The highest BCUT2D eigenvalue weighted by Gasteiger charge is 2.09. The summed E-state index contributed by atoms with van der Waals surface area (Å²) in [6, 6.07) is 1.49. The molecule has 0 aromatic carbocycles. The maximum atomic E-state index is 11.9. The molecule has 0 spiro atoms. The Labute approximate surface area is 146 Å². The van der Waals surface area contributed by atoms with Gasteiger partial charge in [0.2, 0.25) is 11.0 Å². The third-order valence-corrected chi connectivity index (χ3v) is 5.35. The van der Waals surface area contributed by atoms with E-state index in [0.29, 0.717) is 16.0 Å². The molecule has 0 unspecified atom stereocenters. The van der Waals surface area contributed by atoms with Gasteiger partial charge in [-0.05, 0) is 12.2 Å². The molecule has 0 atom stereocenters. The molecule has 0 aliphatic carbocycles. The number of aromatic amines is 1. The van der Waals surface area contributed by atoms with Crippen molar-refractivity contribution < 1.29 is 4.79 Å². The van der Waals surface area contributed by atoms with Gasteiger partial charge in [-0.2, -0.15) is 11.8 Å². The van der Waals surface area contributed by atoms with Gasteiger partial charge >= 0.3 is 0 Å². The number of H-pyrrole nitrogens is 1. The molecule has 0 radical (unpaired) electrons. The van der Waals surface area contributed by atoms with Gasteiger partial charge in [0.05, 0.1) is 11.4 Å². The monoisotopic (exact) mass is 371 g/mol. The Balaban J connectivity index is 1.90. The van der Waals surface area contributed by atoms with Crippen LogP contribution in [0.1, 0.15) is 24.5 Å². The van der Waals surface area contributed by atoms with Crippen LogP contribution in [0.25, 0.3) is 0 Å². The zero-order valence-corrected chi connectivity index (χ0v) is 15.2. The Bertz CT molecular complexity index is 716. The van der Waals surface area contributed by atoms with E-state index in [2.05, 4.69) is 32.4 Å². The molecule has 124 valence electrons. The van der Waals surface area contributed by atoms with Crippen LogP contribution in [0, 0.1) is 0 Å². The SMILES string of the molecule is CCSCc1cc(=O)[nH]c(SCC(=O)Nc2nnc(CC)s2)n1. The number of anilines is 1. The summed E-state index contributed by atoms with van der Waals surface area (Å²) in [6.07, 6.45) is 0.788. The molecule has 2 N–H and O–H groups in total. The van der Waals surface area contributed by atoms with Crippen LogP contribution >= 0.6 is 34.9 Å². The molecule has 2 aromatic rings. The van der Waals surface area contributed by atoms with E-state index in [1.807, 2.05) is 6.92 Å². The van der Waals surface area contributed by atoms with Gasteiger partial charge in [-0.25, -0.2) is 4.98 Å². The van der Waals surface area contributed by atoms with Gasteiger partial charge in [0, 0.05) is 11.8 Å². The zero-order chi connectivity index (χ0) is 16.7. The first kappa shape index (κ1) is 18.0. The maximum Gasteiger partial charge on any atom is 0.251 e. The minimum absolute atomic E-state index is 0.147. The molecule has 0 fully saturated rings. The van der Waals surface area contributed by atoms with E-state index in [4.69, 9.17) is 0 Å². The first-order valence-corrected chi connectivity index (χ1v) is 9.99. The standard InChI is InChI=1S/C13H17N5O2S3/c1-3-11-17-18-13(23-11)16-10(20)7-22-12-14-8(6-21-4-2)5-9(19)15-12/h5H,3-4,6-7H2,1-2H3,(H,14,15,19)(H,16,18,20). The lowest BCUT2D eigenvalue weighted by molar-refractivity contribution is -0.113. The topological polar surface area (TPSA) is 101 Å². The smallest absolute Gasteiger partial charge is 0.251 e. The van der Waals surface area contributed by atoms with E-state index in [1.54, 1.807) is 11.8 Å². The highest BCUT2D eigenvalue weighted by Crippen LogP contribution is 2.17. The van der Waals surface area contributed by atoms with Gasteiger partial charge in [0.1, 0.15) is 5.01 Å². The van der Waals surface area contributed by atoms with Crippen LogP contribution in [0.4, 0.5) is 5.13 Å². The van der Waals surface area contributed by atoms with Crippen molar-refractivity contribution in [2.75, 3.05) is 16.8 Å². The Morgan fingerprint density at radius 1 is 1.39 bits per heavy atom. The summed E-state index contributed by atoms with van der Waals surface area (Å²) in [6.45, 7) is 4.03. The number of aryl methyl sites for hydroxylation is 1. The van der Waals surface area contributed by atoms with Gasteiger partial charge in [0.15, 0.2) is 5.16 Å². The third kappa shape index (κ3) is 5.96. The first-order valence-electron chi connectivity index (χ1n) is 7.03. The fourth-order valence-corrected chi connectivity index (χ4v) is 3.52. The van der Waals surface area contributed by atoms with Crippen LogP contribution in [-0.2, 0) is 17.0 Å². The normalized spacial score (nSPS) is 10.7. The predicted molar refractivity (Wildman–Crippen MR) is 95.3 cm³/mol. The van der Waals surface area contributed by atoms with E-state index in [1.165, 1.54) is 29.2 Å². The number of rotatable bonds is 8. The summed E-state index contributed by atoms with van der Waals surface area (Å²) in [7, 11) is 0. The third-order valence-electron chi connectivity index (χ3n) is 2.58. The Morgan fingerprint density at radius 3 is 2.91 bits per heavy atom. The van der Waals surface area contributed by atoms with Crippen LogP contribution < -0.4 is 10.9 Å². The Hall–Kier alpha value is -1.39. The van der Waals surface area contributed by atoms with Crippen LogP contribution in [-0.4, -0.2) is 37.6 Å². The van der Waals surface area contributed by atoms with Crippen molar-refractivity contribution in [2.45, 2.75) is 31.2 Å². The number of thioether (sulfide) groups is 2. The zero-order valence-electron chi connectivity index (χ0n) is 12.8. The summed E-state index contributed by atoms with van der Waals surface area (Å²) in [5.74, 6) is 1.59. The Morgan fingerprint density at radius 2 is 2.22 bits per heavy atom. The second-order valence-corrected chi connectivity index (χ2v) is 7.67. The summed E-state index contributed by atoms with van der Waals surface area (Å²) in [5.41, 5.74) is 0.520. The second-order valence-electron chi connectivity index (χ2n) is 4.37. The molecule has 2 aromatic heterocycles. The summed E-state index contributed by atoms with van der Waals surface area (Å²) >= 11 is 4.24. The van der Waals surface area contributed by atoms with Crippen LogP contribution in [0.5, 0.6) is 0 Å². The first-order chi connectivity index (χ1) is 11.1. The van der Waals surface area contributed by atoms with Crippen molar-refractivity contribution in [3.63, 3.8) is 0 Å². The largest absolute Gasteiger partial charge is 0.301 e. The minimum atomic E-state index is -0.204. The molecule has 0 aliphatic rings. The molecular weight excluding hydrogens is 354 g/mol. The quantitative estimate of drug-likeness (QED) is 0.542. The molecule has 2 rings (SSSR count). The number of amides is 1. The highest BCUT2D eigenvalue weighted by atomic mass is 32.2. The van der Waals surface area contributed by atoms with Crippen LogP contribution in [0.2, 0.25) is 0 Å². The van der Waals surface area contributed by atoms with Gasteiger partial charge in [-0.1, -0.05) is 36.9 Å².